The number of nitro benzene ring substituents is 1. The number of nitro groups is 1. The van der Waals surface area contributed by atoms with E-state index in [-0.39, 0.29) is 33.8 Å². The highest BCUT2D eigenvalue weighted by molar-refractivity contribution is 7.78. The second kappa shape index (κ2) is 11.5. The van der Waals surface area contributed by atoms with Crippen LogP contribution < -0.4 is 9.74 Å². The molecule has 1 heterocycles. The van der Waals surface area contributed by atoms with E-state index < -0.39 is 27.7 Å². The number of unbranched alkanes of at least 4 members (excludes halogenated alkanes) is 1. The van der Waals surface area contributed by atoms with Gasteiger partial charge in [0.15, 0.2) is 0 Å². The van der Waals surface area contributed by atoms with Crippen LogP contribution >= 0.6 is 0 Å². The molecule has 2 atom stereocenters. The summed E-state index contributed by atoms with van der Waals surface area (Å²) >= 11 is -2.45. The van der Waals surface area contributed by atoms with Crippen molar-refractivity contribution in [3.63, 3.8) is 0 Å². The first-order valence-electron chi connectivity index (χ1n) is 10.8. The number of ether oxygens (including phenoxy) is 1. The van der Waals surface area contributed by atoms with Gasteiger partial charge in [0.2, 0.25) is 0 Å². The first-order chi connectivity index (χ1) is 16.3. The van der Waals surface area contributed by atoms with Crippen molar-refractivity contribution < 1.29 is 22.8 Å². The maximum atomic E-state index is 12.7. The molecule has 3 aromatic rings. The Morgan fingerprint density at radius 1 is 1.24 bits per heavy atom. The van der Waals surface area contributed by atoms with Crippen molar-refractivity contribution in [2.24, 2.45) is 5.92 Å². The third-order valence-corrected chi connectivity index (χ3v) is 6.06. The lowest BCUT2D eigenvalue weighted by atomic mass is 10.0. The molecule has 0 fully saturated rings. The van der Waals surface area contributed by atoms with Gasteiger partial charge in [-0.3, -0.25) is 14.9 Å². The number of hydrogen-bond acceptors (Lipinski definition) is 9. The van der Waals surface area contributed by atoms with Gasteiger partial charge in [0, 0.05) is 12.1 Å². The fourth-order valence-electron chi connectivity index (χ4n) is 3.19. The average Bonchev–Trinajstić information content (AvgIpc) is 2.84. The Morgan fingerprint density at radius 3 is 2.74 bits per heavy atom. The van der Waals surface area contributed by atoms with Gasteiger partial charge in [-0.1, -0.05) is 43.3 Å². The first kappa shape index (κ1) is 25.0. The molecule has 0 saturated carbocycles. The Balaban J connectivity index is 1.74. The lowest BCUT2D eigenvalue weighted by Crippen LogP contribution is -2.29. The fourth-order valence-corrected chi connectivity index (χ4v) is 3.86. The Labute approximate surface area is 197 Å². The van der Waals surface area contributed by atoms with E-state index in [9.17, 15) is 23.9 Å². The molecule has 180 valence electrons. The number of benzene rings is 2. The highest BCUT2D eigenvalue weighted by atomic mass is 32.2. The van der Waals surface area contributed by atoms with Crippen LogP contribution in [0.5, 0.6) is 5.75 Å². The SMILES string of the molecule is CCCCC(CC)COC(=O)c1cccc(OS(=O)n2nnc3ccc([N+](=O)[O-])cc3c2=O)c1. The van der Waals surface area contributed by atoms with Crippen molar-refractivity contribution in [3.8, 4) is 5.75 Å². The van der Waals surface area contributed by atoms with Crippen molar-refractivity contribution in [2.45, 2.75) is 39.5 Å². The number of non-ortho nitro benzene ring substituents is 1. The van der Waals surface area contributed by atoms with Crippen LogP contribution in [0, 0.1) is 16.0 Å². The highest BCUT2D eigenvalue weighted by Crippen LogP contribution is 2.19. The van der Waals surface area contributed by atoms with Crippen LogP contribution in [0.3, 0.4) is 0 Å². The van der Waals surface area contributed by atoms with E-state index in [0.29, 0.717) is 10.7 Å². The summed E-state index contributed by atoms with van der Waals surface area (Å²) in [5.41, 5.74) is -0.882. The van der Waals surface area contributed by atoms with Gasteiger partial charge in [0.05, 0.1) is 22.5 Å². The van der Waals surface area contributed by atoms with Crippen LogP contribution in [0.25, 0.3) is 10.9 Å². The van der Waals surface area contributed by atoms with Gasteiger partial charge in [-0.25, -0.2) is 4.79 Å². The van der Waals surface area contributed by atoms with Crippen molar-refractivity contribution in [1.82, 2.24) is 14.4 Å². The van der Waals surface area contributed by atoms with Gasteiger partial charge >= 0.3 is 17.2 Å². The van der Waals surface area contributed by atoms with Crippen LogP contribution in [0.2, 0.25) is 0 Å². The average molecular weight is 489 g/mol. The Morgan fingerprint density at radius 2 is 2.03 bits per heavy atom. The van der Waals surface area contributed by atoms with Crippen LogP contribution in [-0.4, -0.2) is 36.1 Å². The van der Waals surface area contributed by atoms with Crippen LogP contribution in [0.4, 0.5) is 5.69 Å². The van der Waals surface area contributed by atoms with Gasteiger partial charge in [-0.2, -0.15) is 4.21 Å². The first-order valence-corrected chi connectivity index (χ1v) is 11.8. The highest BCUT2D eigenvalue weighted by Gasteiger charge is 2.18. The number of hydrogen-bond donors (Lipinski definition) is 0. The lowest BCUT2D eigenvalue weighted by molar-refractivity contribution is -0.384. The second-order valence-electron chi connectivity index (χ2n) is 7.57. The quantitative estimate of drug-likeness (QED) is 0.225. The number of esters is 1. The number of nitrogens with zero attached hydrogens (tertiary/aromatic N) is 4. The van der Waals surface area contributed by atoms with E-state index in [2.05, 4.69) is 17.2 Å². The normalized spacial score (nSPS) is 12.8. The number of carbonyl (C=O) groups excluding carboxylic acids is 1. The predicted octanol–water partition coefficient (Wildman–Crippen LogP) is 3.58. The van der Waals surface area contributed by atoms with Gasteiger partial charge < -0.3 is 8.92 Å². The minimum absolute atomic E-state index is 0.0404. The minimum Gasteiger partial charge on any atom is -0.462 e. The molecule has 2 unspecified atom stereocenters. The minimum atomic E-state index is -2.45. The topological polar surface area (TPSA) is 144 Å². The van der Waals surface area contributed by atoms with E-state index in [1.54, 1.807) is 0 Å². The lowest BCUT2D eigenvalue weighted by Gasteiger charge is -2.14. The summed E-state index contributed by atoms with van der Waals surface area (Å²) in [7, 11) is 0. The summed E-state index contributed by atoms with van der Waals surface area (Å²) in [5.74, 6) is -0.218. The molecule has 0 amide bonds. The molecule has 12 heteroatoms. The van der Waals surface area contributed by atoms with Gasteiger partial charge in [0.25, 0.3) is 11.2 Å². The van der Waals surface area contributed by atoms with Crippen LogP contribution in [-0.2, 0) is 16.0 Å². The molecular formula is C22H24N4O7S. The summed E-state index contributed by atoms with van der Waals surface area (Å²) in [6, 6.07) is 9.34. The van der Waals surface area contributed by atoms with E-state index in [4.69, 9.17) is 8.92 Å². The Hall–Kier alpha value is -3.67. The van der Waals surface area contributed by atoms with Crippen LogP contribution in [0.1, 0.15) is 49.9 Å². The molecule has 1 aromatic heterocycles. The Bertz CT molecular complexity index is 1280. The molecular weight excluding hydrogens is 464 g/mol. The summed E-state index contributed by atoms with van der Waals surface area (Å²) in [4.78, 5) is 35.4. The monoisotopic (exact) mass is 488 g/mol. The maximum absolute atomic E-state index is 12.7. The third-order valence-electron chi connectivity index (χ3n) is 5.20. The van der Waals surface area contributed by atoms with Gasteiger partial charge in [-0.05, 0) is 41.8 Å². The molecule has 0 aliphatic carbocycles. The van der Waals surface area contributed by atoms with E-state index in [1.807, 2.05) is 6.92 Å². The molecule has 0 aliphatic rings. The fraction of sp³-hybridized carbons (Fsp3) is 0.364. The largest absolute Gasteiger partial charge is 0.462 e. The summed E-state index contributed by atoms with van der Waals surface area (Å²) in [5, 5.41) is 18.2. The zero-order valence-corrected chi connectivity index (χ0v) is 19.5. The summed E-state index contributed by atoms with van der Waals surface area (Å²) in [6.45, 7) is 4.46. The molecule has 0 radical (unpaired) electrons. The van der Waals surface area contributed by atoms with Crippen molar-refractivity contribution in [1.29, 1.82) is 0 Å². The van der Waals surface area contributed by atoms with Gasteiger partial charge in [-0.15, -0.1) is 5.10 Å². The van der Waals surface area contributed by atoms with E-state index in [0.717, 1.165) is 31.7 Å². The van der Waals surface area contributed by atoms with Crippen LogP contribution in [0.15, 0.2) is 47.3 Å². The molecule has 0 saturated heterocycles. The molecule has 3 rings (SSSR count). The van der Waals surface area contributed by atoms with Crippen molar-refractivity contribution in [3.05, 3.63) is 68.5 Å². The zero-order chi connectivity index (χ0) is 24.7. The molecule has 0 aliphatic heterocycles. The zero-order valence-electron chi connectivity index (χ0n) is 18.7. The molecule has 11 nitrogen and oxygen atoms in total. The summed E-state index contributed by atoms with van der Waals surface area (Å²) in [6.07, 6.45) is 4.02. The Kier molecular flexibility index (Phi) is 8.41. The van der Waals surface area contributed by atoms with Crippen molar-refractivity contribution >= 4 is 33.8 Å². The smallest absolute Gasteiger partial charge is 0.344 e. The maximum Gasteiger partial charge on any atom is 0.344 e. The van der Waals surface area contributed by atoms with Crippen molar-refractivity contribution in [2.75, 3.05) is 6.61 Å². The van der Waals surface area contributed by atoms with E-state index in [1.165, 1.54) is 36.4 Å². The molecule has 0 N–H and O–H groups in total. The number of fused-ring (bicyclic) bond motifs is 1. The second-order valence-corrected chi connectivity index (χ2v) is 8.52. The predicted molar refractivity (Wildman–Crippen MR) is 125 cm³/mol. The number of aromatic nitrogens is 3. The van der Waals surface area contributed by atoms with Gasteiger partial charge in [0.1, 0.15) is 11.3 Å². The molecule has 2 aromatic carbocycles. The molecule has 34 heavy (non-hydrogen) atoms. The number of carbonyl (C=O) groups is 1. The molecule has 0 spiro atoms. The van der Waals surface area contributed by atoms with E-state index >= 15 is 0 Å². The number of rotatable bonds is 11. The standard InChI is InChI=1S/C22H24N4O7S/c1-3-5-7-15(4-2)14-32-22(28)16-8-6-9-18(12-16)33-34(31)25-21(27)19-13-17(26(29)30)10-11-20(19)23-24-25/h6,8-13,15H,3-5,7,14H2,1-2H3. The third kappa shape index (κ3) is 6.01. The molecule has 0 bridgehead atoms. The summed E-state index contributed by atoms with van der Waals surface area (Å²) < 4.78 is 23.8.